The highest BCUT2D eigenvalue weighted by Crippen LogP contribution is 2.28. The number of hydrogen-bond acceptors (Lipinski definition) is 3. The molecule has 0 aliphatic rings. The average molecular weight is 334 g/mol. The molecule has 4 nitrogen and oxygen atoms in total. The number of halogens is 1. The van der Waals surface area contributed by atoms with Crippen molar-refractivity contribution < 1.29 is 14.3 Å². The van der Waals surface area contributed by atoms with Gasteiger partial charge in [-0.15, -0.1) is 0 Å². The lowest BCUT2D eigenvalue weighted by Crippen LogP contribution is -2.32. The molecule has 23 heavy (non-hydrogen) atoms. The van der Waals surface area contributed by atoms with Gasteiger partial charge in [0.05, 0.1) is 12.8 Å². The number of amides is 1. The number of benzene rings is 2. The monoisotopic (exact) mass is 333 g/mol. The molecule has 0 aromatic heterocycles. The van der Waals surface area contributed by atoms with Gasteiger partial charge in [-0.2, -0.15) is 0 Å². The van der Waals surface area contributed by atoms with Crippen molar-refractivity contribution in [3.8, 4) is 11.5 Å². The van der Waals surface area contributed by atoms with E-state index in [-0.39, 0.29) is 5.91 Å². The van der Waals surface area contributed by atoms with E-state index in [2.05, 4.69) is 5.32 Å². The largest absolute Gasteiger partial charge is 0.495 e. The molecule has 122 valence electrons. The normalized spacial score (nSPS) is 11.7. The van der Waals surface area contributed by atoms with Crippen LogP contribution in [0.25, 0.3) is 0 Å². The molecule has 1 N–H and O–H groups in total. The van der Waals surface area contributed by atoms with E-state index in [4.69, 9.17) is 21.1 Å². The molecule has 0 saturated heterocycles. The van der Waals surface area contributed by atoms with Crippen LogP contribution in [0.2, 0.25) is 5.02 Å². The summed E-state index contributed by atoms with van der Waals surface area (Å²) in [7, 11) is 1.54. The topological polar surface area (TPSA) is 47.6 Å². The van der Waals surface area contributed by atoms with E-state index in [1.54, 1.807) is 25.3 Å². The number of aryl methyl sites for hydroxylation is 1. The van der Waals surface area contributed by atoms with Gasteiger partial charge in [-0.25, -0.2) is 0 Å². The SMILES string of the molecule is CC[C@H](Oc1ccc(C)cc1)C(=O)Nc1cc(Cl)ccc1OC. The number of rotatable bonds is 6. The lowest BCUT2D eigenvalue weighted by molar-refractivity contribution is -0.122. The summed E-state index contributed by atoms with van der Waals surface area (Å²) in [6.45, 7) is 3.90. The summed E-state index contributed by atoms with van der Waals surface area (Å²) in [5.41, 5.74) is 1.66. The van der Waals surface area contributed by atoms with Gasteiger partial charge in [-0.3, -0.25) is 4.79 Å². The number of methoxy groups -OCH3 is 1. The minimum atomic E-state index is -0.596. The van der Waals surface area contributed by atoms with Gasteiger partial charge in [0.1, 0.15) is 11.5 Å². The van der Waals surface area contributed by atoms with E-state index in [9.17, 15) is 4.79 Å². The van der Waals surface area contributed by atoms with Crippen molar-refractivity contribution >= 4 is 23.2 Å². The third-order valence-corrected chi connectivity index (χ3v) is 3.62. The standard InChI is InChI=1S/C18H20ClNO3/c1-4-16(23-14-8-5-12(2)6-9-14)18(21)20-15-11-13(19)7-10-17(15)22-3/h5-11,16H,4H2,1-3H3,(H,20,21)/t16-/m0/s1. The van der Waals surface area contributed by atoms with Crippen LogP contribution in [-0.4, -0.2) is 19.1 Å². The summed E-state index contributed by atoms with van der Waals surface area (Å²) < 4.78 is 11.0. The third-order valence-electron chi connectivity index (χ3n) is 3.38. The predicted octanol–water partition coefficient (Wildman–Crippen LogP) is 4.45. The Hall–Kier alpha value is -2.20. The Morgan fingerprint density at radius 2 is 1.91 bits per heavy atom. The molecule has 5 heteroatoms. The van der Waals surface area contributed by atoms with E-state index < -0.39 is 6.10 Å². The zero-order valence-electron chi connectivity index (χ0n) is 13.4. The van der Waals surface area contributed by atoms with Crippen molar-refractivity contribution in [2.24, 2.45) is 0 Å². The smallest absolute Gasteiger partial charge is 0.265 e. The van der Waals surface area contributed by atoms with Gasteiger partial charge in [0.25, 0.3) is 5.91 Å². The van der Waals surface area contributed by atoms with Crippen molar-refractivity contribution in [3.63, 3.8) is 0 Å². The zero-order valence-corrected chi connectivity index (χ0v) is 14.2. The summed E-state index contributed by atoms with van der Waals surface area (Å²) in [5, 5.41) is 3.33. The third kappa shape index (κ3) is 4.63. The molecule has 1 amide bonds. The Morgan fingerprint density at radius 1 is 1.22 bits per heavy atom. The summed E-state index contributed by atoms with van der Waals surface area (Å²) >= 11 is 5.98. The molecule has 0 fully saturated rings. The van der Waals surface area contributed by atoms with Crippen LogP contribution in [0.5, 0.6) is 11.5 Å². The highest BCUT2D eigenvalue weighted by molar-refractivity contribution is 6.31. The minimum Gasteiger partial charge on any atom is -0.495 e. The van der Waals surface area contributed by atoms with Crippen molar-refractivity contribution in [1.29, 1.82) is 0 Å². The molecule has 0 saturated carbocycles. The maximum atomic E-state index is 12.5. The van der Waals surface area contributed by atoms with E-state index in [0.717, 1.165) is 5.56 Å². The molecule has 2 rings (SSSR count). The molecular formula is C18H20ClNO3. The van der Waals surface area contributed by atoms with Crippen LogP contribution in [0.15, 0.2) is 42.5 Å². The fourth-order valence-corrected chi connectivity index (χ4v) is 2.27. The van der Waals surface area contributed by atoms with E-state index in [1.807, 2.05) is 38.1 Å². The van der Waals surface area contributed by atoms with Crippen LogP contribution in [-0.2, 0) is 4.79 Å². The second kappa shape index (κ2) is 7.88. The van der Waals surface area contributed by atoms with Gasteiger partial charge in [0.2, 0.25) is 0 Å². The Balaban J connectivity index is 2.11. The number of carbonyl (C=O) groups excluding carboxylic acids is 1. The molecule has 0 heterocycles. The van der Waals surface area contributed by atoms with Gasteiger partial charge in [-0.05, 0) is 43.7 Å². The fraction of sp³-hybridized carbons (Fsp3) is 0.278. The molecule has 2 aromatic carbocycles. The molecule has 0 unspecified atom stereocenters. The number of carbonyl (C=O) groups is 1. The van der Waals surface area contributed by atoms with Crippen LogP contribution in [0.1, 0.15) is 18.9 Å². The van der Waals surface area contributed by atoms with Crippen LogP contribution >= 0.6 is 11.6 Å². The van der Waals surface area contributed by atoms with Gasteiger partial charge in [0.15, 0.2) is 6.10 Å². The van der Waals surface area contributed by atoms with Crippen LogP contribution in [0.3, 0.4) is 0 Å². The number of hydrogen-bond donors (Lipinski definition) is 1. The zero-order chi connectivity index (χ0) is 16.8. The highest BCUT2D eigenvalue weighted by atomic mass is 35.5. The van der Waals surface area contributed by atoms with E-state index in [0.29, 0.717) is 28.6 Å². The fourth-order valence-electron chi connectivity index (χ4n) is 2.09. The van der Waals surface area contributed by atoms with E-state index >= 15 is 0 Å². The van der Waals surface area contributed by atoms with Crippen molar-refractivity contribution in [2.75, 3.05) is 12.4 Å². The first kappa shape index (κ1) is 17.2. The highest BCUT2D eigenvalue weighted by Gasteiger charge is 2.20. The van der Waals surface area contributed by atoms with Crippen LogP contribution in [0, 0.1) is 6.92 Å². The summed E-state index contributed by atoms with van der Waals surface area (Å²) in [6, 6.07) is 12.7. The predicted molar refractivity (Wildman–Crippen MR) is 92.5 cm³/mol. The second-order valence-corrected chi connectivity index (χ2v) is 5.60. The summed E-state index contributed by atoms with van der Waals surface area (Å²) in [6.07, 6.45) is -0.0517. The Morgan fingerprint density at radius 3 is 2.52 bits per heavy atom. The first-order valence-electron chi connectivity index (χ1n) is 7.41. The minimum absolute atomic E-state index is 0.242. The number of nitrogens with one attached hydrogen (secondary N) is 1. The molecule has 0 radical (unpaired) electrons. The molecule has 2 aromatic rings. The summed E-state index contributed by atoms with van der Waals surface area (Å²) in [5.74, 6) is 0.970. The maximum absolute atomic E-state index is 12.5. The molecule has 0 bridgehead atoms. The first-order valence-corrected chi connectivity index (χ1v) is 7.79. The second-order valence-electron chi connectivity index (χ2n) is 5.16. The van der Waals surface area contributed by atoms with Gasteiger partial charge < -0.3 is 14.8 Å². The quantitative estimate of drug-likeness (QED) is 0.849. The van der Waals surface area contributed by atoms with Gasteiger partial charge >= 0.3 is 0 Å². The number of ether oxygens (including phenoxy) is 2. The Kier molecular flexibility index (Phi) is 5.88. The number of anilines is 1. The van der Waals surface area contributed by atoms with Crippen LogP contribution in [0.4, 0.5) is 5.69 Å². The van der Waals surface area contributed by atoms with Crippen LogP contribution < -0.4 is 14.8 Å². The van der Waals surface area contributed by atoms with Crippen molar-refractivity contribution in [1.82, 2.24) is 0 Å². The lowest BCUT2D eigenvalue weighted by Gasteiger charge is -2.18. The molecule has 0 aliphatic heterocycles. The average Bonchev–Trinajstić information content (AvgIpc) is 2.54. The molecular weight excluding hydrogens is 314 g/mol. The van der Waals surface area contributed by atoms with Gasteiger partial charge in [-0.1, -0.05) is 36.2 Å². The van der Waals surface area contributed by atoms with Crippen molar-refractivity contribution in [2.45, 2.75) is 26.4 Å². The lowest BCUT2D eigenvalue weighted by atomic mass is 10.2. The summed E-state index contributed by atoms with van der Waals surface area (Å²) in [4.78, 5) is 12.5. The molecule has 0 spiro atoms. The van der Waals surface area contributed by atoms with Gasteiger partial charge in [0, 0.05) is 5.02 Å². The first-order chi connectivity index (χ1) is 11.0. The Labute approximate surface area is 141 Å². The molecule has 1 atom stereocenters. The molecule has 0 aliphatic carbocycles. The van der Waals surface area contributed by atoms with Crippen molar-refractivity contribution in [3.05, 3.63) is 53.1 Å². The maximum Gasteiger partial charge on any atom is 0.265 e. The Bertz CT molecular complexity index is 670. The van der Waals surface area contributed by atoms with E-state index in [1.165, 1.54) is 0 Å².